The van der Waals surface area contributed by atoms with Crippen molar-refractivity contribution in [3.8, 4) is 0 Å². The van der Waals surface area contributed by atoms with Crippen LogP contribution in [0.5, 0.6) is 0 Å². The van der Waals surface area contributed by atoms with Crippen molar-refractivity contribution in [1.82, 2.24) is 0 Å². The molecule has 2 aromatic carbocycles. The standard InChI is InChI=1S/C16H13BrFNO/c17-14-9-13(5-6-15(14)18)19-16(20)12-7-10-3-1-2-4-11(10)8-12/h1-6,9,12H,7-8H2,(H,19,20). The van der Waals surface area contributed by atoms with Gasteiger partial charge in [0, 0.05) is 11.6 Å². The van der Waals surface area contributed by atoms with Gasteiger partial charge in [0.15, 0.2) is 0 Å². The molecule has 0 bridgehead atoms. The molecule has 0 spiro atoms. The Morgan fingerprint density at radius 3 is 2.40 bits per heavy atom. The van der Waals surface area contributed by atoms with Crippen molar-refractivity contribution < 1.29 is 9.18 Å². The Balaban J connectivity index is 1.71. The summed E-state index contributed by atoms with van der Waals surface area (Å²) >= 11 is 3.12. The number of hydrogen-bond acceptors (Lipinski definition) is 1. The second kappa shape index (κ2) is 5.37. The average molecular weight is 334 g/mol. The number of halogens is 2. The highest BCUT2D eigenvalue weighted by atomic mass is 79.9. The molecule has 0 saturated heterocycles. The summed E-state index contributed by atoms with van der Waals surface area (Å²) in [6.45, 7) is 0. The number of fused-ring (bicyclic) bond motifs is 1. The third-order valence-electron chi connectivity index (χ3n) is 3.61. The summed E-state index contributed by atoms with van der Waals surface area (Å²) in [7, 11) is 0. The van der Waals surface area contributed by atoms with Gasteiger partial charge in [-0.2, -0.15) is 0 Å². The Bertz CT molecular complexity index is 646. The Morgan fingerprint density at radius 1 is 1.15 bits per heavy atom. The summed E-state index contributed by atoms with van der Waals surface area (Å²) in [6, 6.07) is 12.6. The molecule has 4 heteroatoms. The number of hydrogen-bond donors (Lipinski definition) is 1. The van der Waals surface area contributed by atoms with Crippen LogP contribution >= 0.6 is 15.9 Å². The lowest BCUT2D eigenvalue weighted by Crippen LogP contribution is -2.23. The topological polar surface area (TPSA) is 29.1 Å². The Kier molecular flexibility index (Phi) is 3.57. The summed E-state index contributed by atoms with van der Waals surface area (Å²) in [5, 5.41) is 2.85. The summed E-state index contributed by atoms with van der Waals surface area (Å²) < 4.78 is 13.5. The molecule has 0 atom stereocenters. The lowest BCUT2D eigenvalue weighted by Gasteiger charge is -2.10. The second-order valence-electron chi connectivity index (χ2n) is 4.99. The van der Waals surface area contributed by atoms with E-state index < -0.39 is 0 Å². The van der Waals surface area contributed by atoms with Gasteiger partial charge in [-0.25, -0.2) is 4.39 Å². The van der Waals surface area contributed by atoms with Gasteiger partial charge in [-0.05, 0) is 58.1 Å². The van der Waals surface area contributed by atoms with Gasteiger partial charge in [0.1, 0.15) is 5.82 Å². The number of rotatable bonds is 2. The zero-order valence-electron chi connectivity index (χ0n) is 10.7. The van der Waals surface area contributed by atoms with E-state index >= 15 is 0 Å². The Hall–Kier alpha value is -1.68. The van der Waals surface area contributed by atoms with E-state index in [2.05, 4.69) is 33.4 Å². The molecule has 0 aromatic heterocycles. The summed E-state index contributed by atoms with van der Waals surface area (Å²) in [6.07, 6.45) is 1.54. The maximum absolute atomic E-state index is 13.2. The number of carbonyl (C=O) groups excluding carboxylic acids is 1. The number of amides is 1. The van der Waals surface area contributed by atoms with Gasteiger partial charge in [0.2, 0.25) is 5.91 Å². The average Bonchev–Trinajstić information content (AvgIpc) is 2.87. The van der Waals surface area contributed by atoms with Gasteiger partial charge in [-0.15, -0.1) is 0 Å². The summed E-state index contributed by atoms with van der Waals surface area (Å²) in [5.74, 6) is -0.396. The molecular weight excluding hydrogens is 321 g/mol. The molecule has 0 radical (unpaired) electrons. The quantitative estimate of drug-likeness (QED) is 0.886. The van der Waals surface area contributed by atoms with E-state index in [0.29, 0.717) is 10.2 Å². The van der Waals surface area contributed by atoms with Gasteiger partial charge < -0.3 is 5.32 Å². The van der Waals surface area contributed by atoms with Crippen molar-refractivity contribution >= 4 is 27.5 Å². The zero-order chi connectivity index (χ0) is 14.1. The minimum Gasteiger partial charge on any atom is -0.326 e. The number of benzene rings is 2. The first-order chi connectivity index (χ1) is 9.63. The van der Waals surface area contributed by atoms with Gasteiger partial charge in [-0.3, -0.25) is 4.79 Å². The van der Waals surface area contributed by atoms with E-state index in [0.717, 1.165) is 12.8 Å². The van der Waals surface area contributed by atoms with Crippen molar-refractivity contribution in [2.45, 2.75) is 12.8 Å². The van der Waals surface area contributed by atoms with Crippen LogP contribution in [0, 0.1) is 11.7 Å². The normalized spacial score (nSPS) is 14.1. The number of carbonyl (C=O) groups is 1. The van der Waals surface area contributed by atoms with Crippen molar-refractivity contribution in [2.24, 2.45) is 5.92 Å². The maximum Gasteiger partial charge on any atom is 0.228 e. The highest BCUT2D eigenvalue weighted by molar-refractivity contribution is 9.10. The predicted molar refractivity (Wildman–Crippen MR) is 80.1 cm³/mol. The van der Waals surface area contributed by atoms with Gasteiger partial charge in [-0.1, -0.05) is 24.3 Å². The molecule has 0 fully saturated rings. The third-order valence-corrected chi connectivity index (χ3v) is 4.22. The molecule has 102 valence electrons. The van der Waals surface area contributed by atoms with Crippen molar-refractivity contribution in [1.29, 1.82) is 0 Å². The highest BCUT2D eigenvalue weighted by Gasteiger charge is 2.27. The molecule has 0 heterocycles. The zero-order valence-corrected chi connectivity index (χ0v) is 12.3. The van der Waals surface area contributed by atoms with Gasteiger partial charge >= 0.3 is 0 Å². The second-order valence-corrected chi connectivity index (χ2v) is 5.85. The van der Waals surface area contributed by atoms with Crippen LogP contribution in [-0.4, -0.2) is 5.91 Å². The predicted octanol–water partition coefficient (Wildman–Crippen LogP) is 3.94. The van der Waals surface area contributed by atoms with Crippen molar-refractivity contribution in [3.63, 3.8) is 0 Å². The first-order valence-electron chi connectivity index (χ1n) is 6.46. The largest absolute Gasteiger partial charge is 0.326 e. The Morgan fingerprint density at radius 2 is 1.80 bits per heavy atom. The van der Waals surface area contributed by atoms with E-state index in [9.17, 15) is 9.18 Å². The maximum atomic E-state index is 13.2. The lowest BCUT2D eigenvalue weighted by molar-refractivity contribution is -0.119. The molecule has 3 rings (SSSR count). The fourth-order valence-electron chi connectivity index (χ4n) is 2.56. The molecule has 2 nitrogen and oxygen atoms in total. The molecule has 1 amide bonds. The van der Waals surface area contributed by atoms with Crippen LogP contribution < -0.4 is 5.32 Å². The molecule has 2 aromatic rings. The van der Waals surface area contributed by atoms with Gasteiger partial charge in [0.25, 0.3) is 0 Å². The minimum atomic E-state index is -0.337. The number of anilines is 1. The Labute approximate surface area is 125 Å². The summed E-state index contributed by atoms with van der Waals surface area (Å²) in [5.41, 5.74) is 3.10. The van der Waals surface area contributed by atoms with Crippen LogP contribution in [0.15, 0.2) is 46.9 Å². The molecule has 1 aliphatic carbocycles. The van der Waals surface area contributed by atoms with Crippen LogP contribution in [0.25, 0.3) is 0 Å². The first kappa shape index (κ1) is 13.3. The molecular formula is C16H13BrFNO. The SMILES string of the molecule is O=C(Nc1ccc(F)c(Br)c1)C1Cc2ccccc2C1. The number of nitrogens with one attached hydrogen (secondary N) is 1. The lowest BCUT2D eigenvalue weighted by atomic mass is 10.1. The smallest absolute Gasteiger partial charge is 0.228 e. The van der Waals surface area contributed by atoms with Crippen molar-refractivity contribution in [2.75, 3.05) is 5.32 Å². The molecule has 1 N–H and O–H groups in total. The van der Waals surface area contributed by atoms with Crippen LogP contribution in [0.4, 0.5) is 10.1 Å². The van der Waals surface area contributed by atoms with E-state index in [4.69, 9.17) is 0 Å². The molecule has 0 saturated carbocycles. The van der Waals surface area contributed by atoms with E-state index in [1.807, 2.05) is 12.1 Å². The summed E-state index contributed by atoms with van der Waals surface area (Å²) in [4.78, 5) is 12.3. The first-order valence-corrected chi connectivity index (χ1v) is 7.25. The molecule has 0 aliphatic heterocycles. The fraction of sp³-hybridized carbons (Fsp3) is 0.188. The van der Waals surface area contributed by atoms with E-state index in [1.165, 1.54) is 17.2 Å². The highest BCUT2D eigenvalue weighted by Crippen LogP contribution is 2.28. The molecule has 20 heavy (non-hydrogen) atoms. The van der Waals surface area contributed by atoms with Gasteiger partial charge in [0.05, 0.1) is 4.47 Å². The third kappa shape index (κ3) is 2.61. The monoisotopic (exact) mass is 333 g/mol. The van der Waals surface area contributed by atoms with Crippen LogP contribution in [-0.2, 0) is 17.6 Å². The van der Waals surface area contributed by atoms with Crippen LogP contribution in [0.1, 0.15) is 11.1 Å². The van der Waals surface area contributed by atoms with Crippen molar-refractivity contribution in [3.05, 3.63) is 63.9 Å². The van der Waals surface area contributed by atoms with E-state index in [1.54, 1.807) is 12.1 Å². The fourth-order valence-corrected chi connectivity index (χ4v) is 2.94. The van der Waals surface area contributed by atoms with Crippen LogP contribution in [0.3, 0.4) is 0 Å². The van der Waals surface area contributed by atoms with E-state index in [-0.39, 0.29) is 17.6 Å². The molecule has 0 unspecified atom stereocenters. The molecule has 1 aliphatic rings. The van der Waals surface area contributed by atoms with Crippen LogP contribution in [0.2, 0.25) is 0 Å². The minimum absolute atomic E-state index is 0.0142.